The monoisotopic (exact) mass is 380 g/mol. The highest BCUT2D eigenvalue weighted by atomic mass is 35.5. The maximum absolute atomic E-state index is 12.6. The van der Waals surface area contributed by atoms with E-state index in [0.717, 1.165) is 27.0 Å². The van der Waals surface area contributed by atoms with Gasteiger partial charge in [0, 0.05) is 10.7 Å². The predicted octanol–water partition coefficient (Wildman–Crippen LogP) is 4.76. The molecule has 0 saturated carbocycles. The van der Waals surface area contributed by atoms with E-state index >= 15 is 0 Å². The molecule has 8 heteroatoms. The Kier molecular flexibility index (Phi) is 4.64. The molecule has 0 bridgehead atoms. The van der Waals surface area contributed by atoms with Crippen LogP contribution in [0.15, 0.2) is 24.3 Å². The van der Waals surface area contributed by atoms with Gasteiger partial charge in [-0.3, -0.25) is 10.2 Å². The van der Waals surface area contributed by atoms with Crippen LogP contribution in [0.1, 0.15) is 21.5 Å². The SMILES string of the molecule is Cc1cc2nc(NN)sc2c(C)c1NC(=O)c1cc(Cl)ccc1Cl. The molecular weight excluding hydrogens is 367 g/mol. The molecule has 1 amide bonds. The number of anilines is 2. The smallest absolute Gasteiger partial charge is 0.257 e. The number of nitrogen functional groups attached to an aromatic ring is 1. The van der Waals surface area contributed by atoms with Gasteiger partial charge in [-0.25, -0.2) is 10.8 Å². The van der Waals surface area contributed by atoms with Crippen molar-refractivity contribution in [3.05, 3.63) is 51.0 Å². The molecular formula is C16H14Cl2N4OS. The lowest BCUT2D eigenvalue weighted by Gasteiger charge is -2.13. The Bertz CT molecular complexity index is 955. The number of fused-ring (bicyclic) bond motifs is 1. The molecule has 24 heavy (non-hydrogen) atoms. The van der Waals surface area contributed by atoms with E-state index in [4.69, 9.17) is 29.0 Å². The maximum Gasteiger partial charge on any atom is 0.257 e. The average Bonchev–Trinajstić information content (AvgIpc) is 2.96. The molecule has 0 unspecified atom stereocenters. The standard InChI is InChI=1S/C16H14Cl2N4OS/c1-7-5-12-14(24-16(20-12)22-19)8(2)13(7)21-15(23)10-6-9(17)3-4-11(10)18/h3-6H,19H2,1-2H3,(H,20,22)(H,21,23). The Morgan fingerprint density at radius 1 is 1.25 bits per heavy atom. The van der Waals surface area contributed by atoms with Gasteiger partial charge in [-0.05, 0) is 49.2 Å². The number of nitrogens with one attached hydrogen (secondary N) is 2. The molecule has 0 aliphatic heterocycles. The van der Waals surface area contributed by atoms with Crippen LogP contribution < -0.4 is 16.6 Å². The zero-order valence-corrected chi connectivity index (χ0v) is 15.2. The molecule has 3 aromatic rings. The van der Waals surface area contributed by atoms with Gasteiger partial charge in [0.15, 0.2) is 5.13 Å². The van der Waals surface area contributed by atoms with E-state index in [1.165, 1.54) is 11.3 Å². The highest BCUT2D eigenvalue weighted by molar-refractivity contribution is 7.22. The van der Waals surface area contributed by atoms with E-state index in [1.54, 1.807) is 18.2 Å². The zero-order chi connectivity index (χ0) is 17.4. The minimum absolute atomic E-state index is 0.310. The summed E-state index contributed by atoms with van der Waals surface area (Å²) in [5, 5.41) is 4.35. The average molecular weight is 381 g/mol. The Morgan fingerprint density at radius 2 is 2.00 bits per heavy atom. The fourth-order valence-corrected chi connectivity index (χ4v) is 3.73. The van der Waals surface area contributed by atoms with E-state index < -0.39 is 0 Å². The van der Waals surface area contributed by atoms with Gasteiger partial charge in [-0.2, -0.15) is 0 Å². The summed E-state index contributed by atoms with van der Waals surface area (Å²) in [5.41, 5.74) is 6.28. The third-order valence-corrected chi connectivity index (χ3v) is 5.34. The number of benzene rings is 2. The van der Waals surface area contributed by atoms with Crippen LogP contribution in [0, 0.1) is 13.8 Å². The van der Waals surface area contributed by atoms with Crippen LogP contribution in [0.2, 0.25) is 10.0 Å². The quantitative estimate of drug-likeness (QED) is 0.452. The van der Waals surface area contributed by atoms with Crippen LogP contribution in [-0.4, -0.2) is 10.9 Å². The summed E-state index contributed by atoms with van der Waals surface area (Å²) in [4.78, 5) is 17.0. The second kappa shape index (κ2) is 6.57. The number of amides is 1. The predicted molar refractivity (Wildman–Crippen MR) is 101 cm³/mol. The number of aromatic nitrogens is 1. The number of nitrogens with zero attached hydrogens (tertiary/aromatic N) is 1. The van der Waals surface area contributed by atoms with Crippen molar-refractivity contribution in [2.45, 2.75) is 13.8 Å². The summed E-state index contributed by atoms with van der Waals surface area (Å²) >= 11 is 13.5. The van der Waals surface area contributed by atoms with Gasteiger partial charge in [0.1, 0.15) is 0 Å². The fourth-order valence-electron chi connectivity index (χ4n) is 2.49. The molecule has 4 N–H and O–H groups in total. The van der Waals surface area contributed by atoms with E-state index in [2.05, 4.69) is 15.7 Å². The van der Waals surface area contributed by atoms with Crippen molar-refractivity contribution >= 4 is 61.5 Å². The molecule has 3 rings (SSSR count). The number of thiazole rings is 1. The van der Waals surface area contributed by atoms with Crippen molar-refractivity contribution in [1.29, 1.82) is 0 Å². The molecule has 0 saturated heterocycles. The molecule has 0 spiro atoms. The summed E-state index contributed by atoms with van der Waals surface area (Å²) in [6.45, 7) is 3.85. The molecule has 0 fully saturated rings. The molecule has 124 valence electrons. The maximum atomic E-state index is 12.6. The second-order valence-electron chi connectivity index (χ2n) is 5.28. The lowest BCUT2D eigenvalue weighted by Crippen LogP contribution is -2.14. The Labute approximate surface area is 152 Å². The number of aryl methyl sites for hydroxylation is 2. The minimum Gasteiger partial charge on any atom is -0.321 e. The van der Waals surface area contributed by atoms with Crippen molar-refractivity contribution in [3.8, 4) is 0 Å². The summed E-state index contributed by atoms with van der Waals surface area (Å²) in [6, 6.07) is 6.70. The van der Waals surface area contributed by atoms with Crippen molar-refractivity contribution in [1.82, 2.24) is 4.98 Å². The Morgan fingerprint density at radius 3 is 2.71 bits per heavy atom. The minimum atomic E-state index is -0.310. The number of rotatable bonds is 3. The van der Waals surface area contributed by atoms with Crippen molar-refractivity contribution < 1.29 is 4.79 Å². The van der Waals surface area contributed by atoms with Crippen LogP contribution in [0.5, 0.6) is 0 Å². The Balaban J connectivity index is 2.03. The molecule has 0 radical (unpaired) electrons. The number of hydrazine groups is 1. The van der Waals surface area contributed by atoms with Gasteiger partial charge in [0.05, 0.1) is 20.8 Å². The first kappa shape index (κ1) is 17.0. The van der Waals surface area contributed by atoms with Crippen LogP contribution in [0.25, 0.3) is 10.2 Å². The summed E-state index contributed by atoms with van der Waals surface area (Å²) < 4.78 is 0.959. The number of hydrogen-bond donors (Lipinski definition) is 3. The number of carbonyl (C=O) groups is 1. The summed E-state index contributed by atoms with van der Waals surface area (Å²) in [7, 11) is 0. The van der Waals surface area contributed by atoms with E-state index in [9.17, 15) is 4.79 Å². The summed E-state index contributed by atoms with van der Waals surface area (Å²) in [6.07, 6.45) is 0. The van der Waals surface area contributed by atoms with Crippen LogP contribution in [-0.2, 0) is 0 Å². The first-order valence-corrected chi connectivity index (χ1v) is 8.61. The van der Waals surface area contributed by atoms with Gasteiger partial charge in [-0.15, -0.1) is 0 Å². The highest BCUT2D eigenvalue weighted by Gasteiger charge is 2.17. The van der Waals surface area contributed by atoms with Crippen LogP contribution in [0.3, 0.4) is 0 Å². The van der Waals surface area contributed by atoms with Gasteiger partial charge in [0.2, 0.25) is 0 Å². The molecule has 0 atom stereocenters. The zero-order valence-electron chi connectivity index (χ0n) is 12.9. The van der Waals surface area contributed by atoms with Crippen molar-refractivity contribution in [2.24, 2.45) is 5.84 Å². The third kappa shape index (κ3) is 3.06. The molecule has 1 aromatic heterocycles. The molecule has 2 aromatic carbocycles. The molecule has 0 aliphatic rings. The topological polar surface area (TPSA) is 80.0 Å². The number of carbonyl (C=O) groups excluding carboxylic acids is 1. The number of halogens is 2. The van der Waals surface area contributed by atoms with E-state index in [1.807, 2.05) is 19.9 Å². The third-order valence-electron chi connectivity index (χ3n) is 3.65. The summed E-state index contributed by atoms with van der Waals surface area (Å²) in [5.74, 6) is 5.12. The lowest BCUT2D eigenvalue weighted by atomic mass is 10.1. The first-order chi connectivity index (χ1) is 11.4. The fraction of sp³-hybridized carbons (Fsp3) is 0.125. The van der Waals surface area contributed by atoms with E-state index in [-0.39, 0.29) is 5.91 Å². The number of hydrogen-bond acceptors (Lipinski definition) is 5. The van der Waals surface area contributed by atoms with Gasteiger partial charge in [0.25, 0.3) is 5.91 Å². The van der Waals surface area contributed by atoms with Gasteiger partial charge < -0.3 is 5.32 Å². The number of nitrogens with two attached hydrogens (primary N) is 1. The van der Waals surface area contributed by atoms with Crippen molar-refractivity contribution in [2.75, 3.05) is 10.7 Å². The Hall–Kier alpha value is -1.86. The van der Waals surface area contributed by atoms with Crippen LogP contribution >= 0.6 is 34.5 Å². The van der Waals surface area contributed by atoms with Crippen LogP contribution in [0.4, 0.5) is 10.8 Å². The van der Waals surface area contributed by atoms with Gasteiger partial charge in [-0.1, -0.05) is 34.5 Å². The van der Waals surface area contributed by atoms with Gasteiger partial charge >= 0.3 is 0 Å². The van der Waals surface area contributed by atoms with E-state index in [0.29, 0.717) is 20.7 Å². The lowest BCUT2D eigenvalue weighted by molar-refractivity contribution is 0.102. The molecule has 1 heterocycles. The van der Waals surface area contributed by atoms with Crippen molar-refractivity contribution in [3.63, 3.8) is 0 Å². The first-order valence-electron chi connectivity index (χ1n) is 7.04. The highest BCUT2D eigenvalue weighted by Crippen LogP contribution is 2.35. The molecule has 0 aliphatic carbocycles. The second-order valence-corrected chi connectivity index (χ2v) is 7.13. The largest absolute Gasteiger partial charge is 0.321 e. The molecule has 5 nitrogen and oxygen atoms in total. The normalized spacial score (nSPS) is 10.9.